The first-order valence-corrected chi connectivity index (χ1v) is 10.5. The van der Waals surface area contributed by atoms with Crippen molar-refractivity contribution >= 4 is 53.3 Å². The molecule has 1 saturated heterocycles. The average Bonchev–Trinajstić information content (AvgIpc) is 2.77. The fraction of sp³-hybridized carbons (Fsp3) is 0.429. The van der Waals surface area contributed by atoms with Crippen LogP contribution in [-0.4, -0.2) is 48.5 Å². The molecular formula is C21H29ClIN7O. The van der Waals surface area contributed by atoms with Crippen molar-refractivity contribution in [2.75, 3.05) is 31.6 Å². The SMILES string of the molecule is CN=C(NCCc1ccc(Cl)nc1)NCc1cccnc1N1CCC(C(N)=O)CC1.I. The zero-order valence-electron chi connectivity index (χ0n) is 17.6. The number of amides is 1. The van der Waals surface area contributed by atoms with E-state index >= 15 is 0 Å². The highest BCUT2D eigenvalue weighted by Crippen LogP contribution is 2.24. The summed E-state index contributed by atoms with van der Waals surface area (Å²) in [5.41, 5.74) is 7.64. The van der Waals surface area contributed by atoms with Crippen molar-refractivity contribution in [1.82, 2.24) is 20.6 Å². The maximum Gasteiger partial charge on any atom is 0.220 e. The molecule has 0 unspecified atom stereocenters. The molecule has 1 amide bonds. The summed E-state index contributed by atoms with van der Waals surface area (Å²) in [6.07, 6.45) is 5.93. The molecule has 2 aromatic heterocycles. The lowest BCUT2D eigenvalue weighted by Gasteiger charge is -2.32. The third kappa shape index (κ3) is 7.49. The Morgan fingerprint density at radius 1 is 1.26 bits per heavy atom. The fourth-order valence-corrected chi connectivity index (χ4v) is 3.62. The molecule has 3 rings (SSSR count). The zero-order chi connectivity index (χ0) is 21.3. The topological polar surface area (TPSA) is 109 Å². The molecule has 0 spiro atoms. The van der Waals surface area contributed by atoms with E-state index in [1.807, 2.05) is 12.1 Å². The van der Waals surface area contributed by atoms with Crippen LogP contribution in [0.5, 0.6) is 0 Å². The quantitative estimate of drug-likeness (QED) is 0.209. The number of hydrogen-bond donors (Lipinski definition) is 3. The van der Waals surface area contributed by atoms with E-state index < -0.39 is 0 Å². The van der Waals surface area contributed by atoms with Gasteiger partial charge in [-0.25, -0.2) is 9.97 Å². The Hall–Kier alpha value is -2.14. The second-order valence-corrected chi connectivity index (χ2v) is 7.63. The molecule has 4 N–H and O–H groups in total. The Bertz CT molecular complexity index is 870. The van der Waals surface area contributed by atoms with Gasteiger partial charge in [-0.2, -0.15) is 0 Å². The predicted molar refractivity (Wildman–Crippen MR) is 135 cm³/mol. The summed E-state index contributed by atoms with van der Waals surface area (Å²) < 4.78 is 0. The van der Waals surface area contributed by atoms with Crippen LogP contribution in [0.3, 0.4) is 0 Å². The largest absolute Gasteiger partial charge is 0.369 e. The number of carbonyl (C=O) groups is 1. The van der Waals surface area contributed by atoms with Gasteiger partial charge in [-0.1, -0.05) is 23.7 Å². The van der Waals surface area contributed by atoms with Gasteiger partial charge < -0.3 is 21.3 Å². The number of piperidine rings is 1. The summed E-state index contributed by atoms with van der Waals surface area (Å²) in [7, 11) is 1.75. The van der Waals surface area contributed by atoms with Gasteiger partial charge in [-0.05, 0) is 37.0 Å². The Labute approximate surface area is 205 Å². The molecule has 8 nitrogen and oxygen atoms in total. The number of nitrogens with zero attached hydrogens (tertiary/aromatic N) is 4. The van der Waals surface area contributed by atoms with Gasteiger partial charge in [0.25, 0.3) is 0 Å². The summed E-state index contributed by atoms with van der Waals surface area (Å²) in [5.74, 6) is 1.42. The van der Waals surface area contributed by atoms with Crippen molar-refractivity contribution in [3.8, 4) is 0 Å². The number of pyridine rings is 2. The van der Waals surface area contributed by atoms with Gasteiger partial charge in [0.1, 0.15) is 11.0 Å². The lowest BCUT2D eigenvalue weighted by Crippen LogP contribution is -2.40. The van der Waals surface area contributed by atoms with E-state index in [1.54, 1.807) is 25.5 Å². The van der Waals surface area contributed by atoms with Gasteiger partial charge in [0.2, 0.25) is 5.91 Å². The first kappa shape index (κ1) is 25.1. The molecule has 1 aliphatic rings. The normalized spacial score (nSPS) is 14.6. The molecule has 0 aliphatic carbocycles. The summed E-state index contributed by atoms with van der Waals surface area (Å²) in [5, 5.41) is 7.16. The zero-order valence-corrected chi connectivity index (χ0v) is 20.6. The Kier molecular flexibility index (Phi) is 10.3. The number of carbonyl (C=O) groups excluding carboxylic acids is 1. The van der Waals surface area contributed by atoms with Crippen molar-refractivity contribution < 1.29 is 4.79 Å². The number of guanidine groups is 1. The van der Waals surface area contributed by atoms with E-state index in [4.69, 9.17) is 17.3 Å². The molecular weight excluding hydrogens is 529 g/mol. The number of aliphatic imine (C=N–C) groups is 1. The summed E-state index contributed by atoms with van der Waals surface area (Å²) in [4.78, 5) is 26.6. The van der Waals surface area contributed by atoms with Crippen molar-refractivity contribution in [3.63, 3.8) is 0 Å². The highest BCUT2D eigenvalue weighted by molar-refractivity contribution is 14.0. The standard InChI is InChI=1S/C21H28ClN7O.HI/c1-24-21(26-10-6-15-4-5-18(22)27-13-15)28-14-17-3-2-9-25-20(17)29-11-7-16(8-12-29)19(23)30;/h2-5,9,13,16H,6-8,10-12,14H2,1H3,(H2,23,30)(H2,24,26,28);1H. The van der Waals surface area contributed by atoms with E-state index in [2.05, 4.69) is 36.6 Å². The van der Waals surface area contributed by atoms with Crippen molar-refractivity contribution in [2.45, 2.75) is 25.8 Å². The van der Waals surface area contributed by atoms with Crippen LogP contribution in [-0.2, 0) is 17.8 Å². The van der Waals surface area contributed by atoms with Crippen molar-refractivity contribution in [2.24, 2.45) is 16.6 Å². The first-order chi connectivity index (χ1) is 14.6. The minimum absolute atomic E-state index is 0. The first-order valence-electron chi connectivity index (χ1n) is 10.1. The Morgan fingerprint density at radius 2 is 2.03 bits per heavy atom. The second-order valence-electron chi connectivity index (χ2n) is 7.24. The van der Waals surface area contributed by atoms with Gasteiger partial charge in [0.05, 0.1) is 0 Å². The molecule has 0 aromatic carbocycles. The lowest BCUT2D eigenvalue weighted by molar-refractivity contribution is -0.122. The minimum Gasteiger partial charge on any atom is -0.369 e. The molecule has 0 atom stereocenters. The van der Waals surface area contributed by atoms with Gasteiger partial charge >= 0.3 is 0 Å². The molecule has 168 valence electrons. The van der Waals surface area contributed by atoms with Crippen LogP contribution in [0.2, 0.25) is 5.15 Å². The maximum atomic E-state index is 11.4. The minimum atomic E-state index is -0.207. The third-order valence-electron chi connectivity index (χ3n) is 5.23. The Balaban J connectivity index is 0.00000341. The van der Waals surface area contributed by atoms with Gasteiger partial charge in [0, 0.05) is 57.1 Å². The lowest BCUT2D eigenvalue weighted by atomic mass is 9.96. The molecule has 31 heavy (non-hydrogen) atoms. The number of aromatic nitrogens is 2. The van der Waals surface area contributed by atoms with Crippen LogP contribution >= 0.6 is 35.6 Å². The maximum absolute atomic E-state index is 11.4. The number of nitrogens with one attached hydrogen (secondary N) is 2. The number of hydrogen-bond acceptors (Lipinski definition) is 5. The van der Waals surface area contributed by atoms with Crippen LogP contribution < -0.4 is 21.3 Å². The second kappa shape index (κ2) is 12.7. The van der Waals surface area contributed by atoms with E-state index in [0.717, 1.165) is 61.8 Å². The van der Waals surface area contributed by atoms with Gasteiger partial charge in [-0.3, -0.25) is 9.79 Å². The van der Waals surface area contributed by atoms with E-state index in [9.17, 15) is 4.79 Å². The predicted octanol–water partition coefficient (Wildman–Crippen LogP) is 2.36. The number of primary amides is 1. The highest BCUT2D eigenvalue weighted by Gasteiger charge is 2.24. The molecule has 0 radical (unpaired) electrons. The average molecular weight is 558 g/mol. The molecule has 0 bridgehead atoms. The Morgan fingerprint density at radius 3 is 2.68 bits per heavy atom. The smallest absolute Gasteiger partial charge is 0.220 e. The molecule has 1 fully saturated rings. The van der Waals surface area contributed by atoms with E-state index in [-0.39, 0.29) is 35.8 Å². The molecule has 10 heteroatoms. The van der Waals surface area contributed by atoms with Crippen LogP contribution in [0, 0.1) is 5.92 Å². The van der Waals surface area contributed by atoms with Crippen LogP contribution in [0.25, 0.3) is 0 Å². The number of anilines is 1. The highest BCUT2D eigenvalue weighted by atomic mass is 127. The molecule has 3 heterocycles. The summed E-state index contributed by atoms with van der Waals surface area (Å²) in [6.45, 7) is 2.88. The number of nitrogens with two attached hydrogens (primary N) is 1. The van der Waals surface area contributed by atoms with Crippen LogP contribution in [0.4, 0.5) is 5.82 Å². The fourth-order valence-electron chi connectivity index (χ4n) is 3.51. The number of halogens is 2. The molecule has 2 aromatic rings. The third-order valence-corrected chi connectivity index (χ3v) is 5.45. The van der Waals surface area contributed by atoms with Crippen LogP contribution in [0.1, 0.15) is 24.0 Å². The van der Waals surface area contributed by atoms with E-state index in [1.165, 1.54) is 0 Å². The summed E-state index contributed by atoms with van der Waals surface area (Å²) >= 11 is 5.82. The number of rotatable bonds is 7. The van der Waals surface area contributed by atoms with Gasteiger partial charge in [0.15, 0.2) is 5.96 Å². The summed E-state index contributed by atoms with van der Waals surface area (Å²) in [6, 6.07) is 7.75. The van der Waals surface area contributed by atoms with Crippen LogP contribution in [0.15, 0.2) is 41.7 Å². The van der Waals surface area contributed by atoms with Crippen molar-refractivity contribution in [1.29, 1.82) is 0 Å². The van der Waals surface area contributed by atoms with Gasteiger partial charge in [-0.15, -0.1) is 24.0 Å². The van der Waals surface area contributed by atoms with E-state index in [0.29, 0.717) is 11.7 Å². The van der Waals surface area contributed by atoms with Crippen molar-refractivity contribution in [3.05, 3.63) is 52.9 Å². The monoisotopic (exact) mass is 557 g/mol. The molecule has 0 saturated carbocycles. The molecule has 1 aliphatic heterocycles.